The second-order valence-electron chi connectivity index (χ2n) is 7.02. The van der Waals surface area contributed by atoms with Crippen molar-refractivity contribution in [2.75, 3.05) is 9.96 Å². The highest BCUT2D eigenvalue weighted by molar-refractivity contribution is 7.10. The van der Waals surface area contributed by atoms with Gasteiger partial charge in [-0.05, 0) is 48.2 Å². The van der Waals surface area contributed by atoms with Gasteiger partial charge >= 0.3 is 0 Å². The Labute approximate surface area is 166 Å². The van der Waals surface area contributed by atoms with Crippen LogP contribution in [-0.4, -0.2) is 17.9 Å². The summed E-state index contributed by atoms with van der Waals surface area (Å²) >= 11 is 1.57. The van der Waals surface area contributed by atoms with Crippen LogP contribution in [0.25, 0.3) is 0 Å². The number of rotatable bonds is 3. The molecule has 3 unspecified atom stereocenters. The van der Waals surface area contributed by atoms with Crippen LogP contribution in [0.1, 0.15) is 16.5 Å². The SMILES string of the molecule is Cc1cccc(N2C(=O)C3ON(c4ccccc4)C(c4cccs4)C3C2=O)c1. The van der Waals surface area contributed by atoms with Crippen LogP contribution in [-0.2, 0) is 14.4 Å². The Kier molecular flexibility index (Phi) is 4.03. The Hall–Kier alpha value is -2.96. The Morgan fingerprint density at radius 1 is 0.893 bits per heavy atom. The molecule has 0 radical (unpaired) electrons. The number of anilines is 2. The minimum absolute atomic E-state index is 0.211. The minimum Gasteiger partial charge on any atom is -0.273 e. The third-order valence-electron chi connectivity index (χ3n) is 5.22. The van der Waals surface area contributed by atoms with E-state index in [0.717, 1.165) is 16.1 Å². The highest BCUT2D eigenvalue weighted by Gasteiger charge is 2.60. The molecule has 3 heterocycles. The normalized spacial score (nSPS) is 24.1. The summed E-state index contributed by atoms with van der Waals surface area (Å²) < 4.78 is 0. The van der Waals surface area contributed by atoms with Gasteiger partial charge in [0.2, 0.25) is 5.91 Å². The zero-order valence-electron chi connectivity index (χ0n) is 15.2. The molecule has 0 aliphatic carbocycles. The molecule has 3 aromatic rings. The number of hydrogen-bond acceptors (Lipinski definition) is 5. The first-order valence-electron chi connectivity index (χ1n) is 9.14. The molecule has 140 valence electrons. The molecular weight excluding hydrogens is 372 g/mol. The number of carbonyl (C=O) groups is 2. The number of imide groups is 1. The summed E-state index contributed by atoms with van der Waals surface area (Å²) in [5.41, 5.74) is 2.43. The molecule has 5 rings (SSSR count). The van der Waals surface area contributed by atoms with Gasteiger partial charge in [0, 0.05) is 4.88 Å². The smallest absolute Gasteiger partial charge is 0.266 e. The maximum Gasteiger partial charge on any atom is 0.266 e. The van der Waals surface area contributed by atoms with Crippen molar-refractivity contribution in [1.82, 2.24) is 0 Å². The Morgan fingerprint density at radius 3 is 2.39 bits per heavy atom. The second-order valence-corrected chi connectivity index (χ2v) is 8.00. The van der Waals surface area contributed by atoms with Gasteiger partial charge in [-0.25, -0.2) is 9.96 Å². The third-order valence-corrected chi connectivity index (χ3v) is 6.16. The molecule has 2 saturated heterocycles. The van der Waals surface area contributed by atoms with Crippen molar-refractivity contribution >= 4 is 34.5 Å². The lowest BCUT2D eigenvalue weighted by Gasteiger charge is -2.27. The molecule has 2 fully saturated rings. The fraction of sp³-hybridized carbons (Fsp3) is 0.182. The number of hydroxylamine groups is 1. The van der Waals surface area contributed by atoms with Gasteiger partial charge < -0.3 is 0 Å². The van der Waals surface area contributed by atoms with Gasteiger partial charge in [0.1, 0.15) is 12.0 Å². The van der Waals surface area contributed by atoms with E-state index in [9.17, 15) is 9.59 Å². The van der Waals surface area contributed by atoms with Crippen LogP contribution in [0.2, 0.25) is 0 Å². The molecule has 0 saturated carbocycles. The summed E-state index contributed by atoms with van der Waals surface area (Å²) in [6.07, 6.45) is -0.819. The lowest BCUT2D eigenvalue weighted by Crippen LogP contribution is -2.37. The zero-order chi connectivity index (χ0) is 19.3. The molecular formula is C22H18N2O3S. The first kappa shape index (κ1) is 17.2. The van der Waals surface area contributed by atoms with Crippen molar-refractivity contribution in [2.45, 2.75) is 19.1 Å². The van der Waals surface area contributed by atoms with Gasteiger partial charge in [0.15, 0.2) is 6.10 Å². The molecule has 6 heteroatoms. The minimum atomic E-state index is -0.819. The average molecular weight is 390 g/mol. The van der Waals surface area contributed by atoms with E-state index < -0.39 is 12.0 Å². The van der Waals surface area contributed by atoms with Crippen molar-refractivity contribution in [1.29, 1.82) is 0 Å². The number of aryl methyl sites for hydroxylation is 1. The van der Waals surface area contributed by atoms with Crippen LogP contribution in [0.4, 0.5) is 11.4 Å². The van der Waals surface area contributed by atoms with Gasteiger partial charge in [0.25, 0.3) is 5.91 Å². The highest BCUT2D eigenvalue weighted by Crippen LogP contribution is 2.48. The van der Waals surface area contributed by atoms with E-state index in [4.69, 9.17) is 4.84 Å². The lowest BCUT2D eigenvalue weighted by molar-refractivity contribution is -0.126. The highest BCUT2D eigenvalue weighted by atomic mass is 32.1. The molecule has 1 aromatic heterocycles. The van der Waals surface area contributed by atoms with Gasteiger partial charge in [-0.3, -0.25) is 14.4 Å². The van der Waals surface area contributed by atoms with E-state index in [0.29, 0.717) is 5.69 Å². The van der Waals surface area contributed by atoms with Crippen LogP contribution in [0, 0.1) is 12.8 Å². The van der Waals surface area contributed by atoms with E-state index in [-0.39, 0.29) is 17.9 Å². The first-order valence-corrected chi connectivity index (χ1v) is 10.0. The number of amides is 2. The molecule has 0 bridgehead atoms. The van der Waals surface area contributed by atoms with Crippen molar-refractivity contribution in [3.8, 4) is 0 Å². The number of fused-ring (bicyclic) bond motifs is 1. The first-order chi connectivity index (χ1) is 13.6. The molecule has 3 atom stereocenters. The predicted molar refractivity (Wildman–Crippen MR) is 108 cm³/mol. The van der Waals surface area contributed by atoms with Gasteiger partial charge in [-0.15, -0.1) is 11.3 Å². The summed E-state index contributed by atoms with van der Waals surface area (Å²) in [5.74, 6) is -1.09. The van der Waals surface area contributed by atoms with E-state index >= 15 is 0 Å². The van der Waals surface area contributed by atoms with Gasteiger partial charge in [-0.1, -0.05) is 36.4 Å². The van der Waals surface area contributed by atoms with Crippen molar-refractivity contribution < 1.29 is 14.4 Å². The number of carbonyl (C=O) groups excluding carboxylic acids is 2. The van der Waals surface area contributed by atoms with Crippen LogP contribution in [0.15, 0.2) is 72.1 Å². The summed E-state index contributed by atoms with van der Waals surface area (Å²) in [5, 5.41) is 3.70. The summed E-state index contributed by atoms with van der Waals surface area (Å²) in [6, 6.07) is 20.7. The Balaban J connectivity index is 1.57. The third kappa shape index (κ3) is 2.57. The number of nitrogens with zero attached hydrogens (tertiary/aromatic N) is 2. The van der Waals surface area contributed by atoms with Crippen LogP contribution in [0.5, 0.6) is 0 Å². The standard InChI is InChI=1S/C22H18N2O3S/c1-14-7-5-10-16(13-14)23-21(25)18-19(17-11-6-12-28-17)24(27-20(18)22(23)26)15-8-3-2-4-9-15/h2-13,18-20H,1H3. The predicted octanol–water partition coefficient (Wildman–Crippen LogP) is 4.11. The molecule has 0 spiro atoms. The van der Waals surface area contributed by atoms with E-state index in [1.165, 1.54) is 4.90 Å². The maximum atomic E-state index is 13.4. The topological polar surface area (TPSA) is 49.9 Å². The molecule has 28 heavy (non-hydrogen) atoms. The average Bonchev–Trinajstić information content (AvgIpc) is 3.40. The zero-order valence-corrected chi connectivity index (χ0v) is 16.0. The number of thiophene rings is 1. The van der Waals surface area contributed by atoms with Crippen molar-refractivity contribution in [3.63, 3.8) is 0 Å². The van der Waals surface area contributed by atoms with Crippen molar-refractivity contribution in [3.05, 3.63) is 82.6 Å². The lowest BCUT2D eigenvalue weighted by atomic mass is 9.95. The summed E-state index contributed by atoms with van der Waals surface area (Å²) in [4.78, 5) is 34.9. The van der Waals surface area contributed by atoms with E-state index in [1.54, 1.807) is 22.5 Å². The molecule has 0 N–H and O–H groups in total. The molecule has 2 aliphatic heterocycles. The van der Waals surface area contributed by atoms with Gasteiger partial charge in [0.05, 0.1) is 11.4 Å². The van der Waals surface area contributed by atoms with E-state index in [2.05, 4.69) is 0 Å². The maximum absolute atomic E-state index is 13.4. The van der Waals surface area contributed by atoms with Crippen LogP contribution in [0.3, 0.4) is 0 Å². The van der Waals surface area contributed by atoms with Gasteiger partial charge in [-0.2, -0.15) is 0 Å². The Bertz CT molecular complexity index is 1030. The fourth-order valence-corrected chi connectivity index (χ4v) is 4.84. The largest absolute Gasteiger partial charge is 0.273 e. The number of hydrogen-bond donors (Lipinski definition) is 0. The monoisotopic (exact) mass is 390 g/mol. The number of para-hydroxylation sites is 1. The molecule has 2 aromatic carbocycles. The molecule has 2 amide bonds. The Morgan fingerprint density at radius 2 is 1.68 bits per heavy atom. The molecule has 5 nitrogen and oxygen atoms in total. The second kappa shape index (κ2) is 6.58. The van der Waals surface area contributed by atoms with Crippen LogP contribution < -0.4 is 9.96 Å². The van der Waals surface area contributed by atoms with Crippen LogP contribution >= 0.6 is 11.3 Å². The van der Waals surface area contributed by atoms with Crippen molar-refractivity contribution in [2.24, 2.45) is 5.92 Å². The number of benzene rings is 2. The quantitative estimate of drug-likeness (QED) is 0.632. The molecule has 2 aliphatic rings. The van der Waals surface area contributed by atoms with E-state index in [1.807, 2.05) is 73.0 Å². The summed E-state index contributed by atoms with van der Waals surface area (Å²) in [7, 11) is 0. The summed E-state index contributed by atoms with van der Waals surface area (Å²) in [6.45, 7) is 1.94. The fourth-order valence-electron chi connectivity index (χ4n) is 3.98.